The number of halogens is 1. The van der Waals surface area contributed by atoms with Gasteiger partial charge in [-0.1, -0.05) is 86.0 Å². The van der Waals surface area contributed by atoms with Crippen molar-refractivity contribution in [3.05, 3.63) is 77.3 Å². The number of carbonyl (C=O) groups excluding carboxylic acids is 2. The molecule has 1 aliphatic carbocycles. The molecular weight excluding hydrogens is 522 g/mol. The number of carbonyl (C=O) groups is 2. The van der Waals surface area contributed by atoms with Gasteiger partial charge in [0, 0.05) is 23.0 Å². The minimum Gasteiger partial charge on any atom is -0.352 e. The average molecular weight is 556 g/mol. The summed E-state index contributed by atoms with van der Waals surface area (Å²) in [6.45, 7) is 1.50. The first-order chi connectivity index (χ1) is 18.2. The van der Waals surface area contributed by atoms with Crippen LogP contribution in [0.3, 0.4) is 0 Å². The molecule has 9 heteroatoms. The number of amides is 2. The molecule has 0 unspecified atom stereocenters. The van der Waals surface area contributed by atoms with Crippen molar-refractivity contribution in [2.24, 2.45) is 0 Å². The van der Waals surface area contributed by atoms with Crippen LogP contribution in [0.5, 0.6) is 0 Å². The molecule has 3 aromatic carbocycles. The summed E-state index contributed by atoms with van der Waals surface area (Å²) in [6.07, 6.45) is 5.44. The maximum atomic E-state index is 14.0. The second-order valence-corrected chi connectivity index (χ2v) is 12.1. The molecule has 0 aliphatic heterocycles. The maximum Gasteiger partial charge on any atom is 0.244 e. The number of nitrogens with one attached hydrogen (secondary N) is 1. The van der Waals surface area contributed by atoms with Crippen LogP contribution in [0.1, 0.15) is 44.6 Å². The standard InChI is InChI=1S/C29H34ClN3O4S/c1-3-26(29(35)31-23-14-6-7-15-23)32(19-22-12-5-9-17-25(22)30)28(34)20-33(38(2,36)37)27-18-10-13-21-11-4-8-16-24(21)27/h4-5,8-13,16-18,23,26H,3,6-7,14-15,19-20H2,1-2H3,(H,31,35)/t26-/m1/s1. The first-order valence-corrected chi connectivity index (χ1v) is 15.2. The number of benzene rings is 3. The number of nitrogens with zero attached hydrogens (tertiary/aromatic N) is 2. The molecule has 1 fully saturated rings. The van der Waals surface area contributed by atoms with Crippen LogP contribution < -0.4 is 9.62 Å². The third-order valence-corrected chi connectivity index (χ3v) is 8.60. The van der Waals surface area contributed by atoms with Gasteiger partial charge in [-0.3, -0.25) is 13.9 Å². The molecule has 0 aromatic heterocycles. The Hall–Kier alpha value is -3.10. The Bertz CT molecular complexity index is 1400. The highest BCUT2D eigenvalue weighted by molar-refractivity contribution is 7.92. The second-order valence-electron chi connectivity index (χ2n) is 9.79. The van der Waals surface area contributed by atoms with Gasteiger partial charge in [-0.25, -0.2) is 8.42 Å². The van der Waals surface area contributed by atoms with Crippen molar-refractivity contribution in [3.63, 3.8) is 0 Å². The lowest BCUT2D eigenvalue weighted by Crippen LogP contribution is -2.53. The molecule has 202 valence electrons. The SMILES string of the molecule is CC[C@H](C(=O)NC1CCCC1)N(Cc1ccccc1Cl)C(=O)CN(c1cccc2ccccc12)S(C)(=O)=O. The van der Waals surface area contributed by atoms with E-state index >= 15 is 0 Å². The van der Waals surface area contributed by atoms with Gasteiger partial charge in [0.15, 0.2) is 0 Å². The van der Waals surface area contributed by atoms with Crippen molar-refractivity contribution in [3.8, 4) is 0 Å². The molecule has 0 spiro atoms. The van der Waals surface area contributed by atoms with Gasteiger partial charge in [-0.15, -0.1) is 0 Å². The first kappa shape index (κ1) is 27.9. The topological polar surface area (TPSA) is 86.8 Å². The zero-order chi connectivity index (χ0) is 27.3. The van der Waals surface area contributed by atoms with Crippen molar-refractivity contribution >= 4 is 49.9 Å². The monoisotopic (exact) mass is 555 g/mol. The van der Waals surface area contributed by atoms with Crippen LogP contribution in [0, 0.1) is 0 Å². The van der Waals surface area contributed by atoms with Crippen LogP contribution in [0.2, 0.25) is 5.02 Å². The lowest BCUT2D eigenvalue weighted by atomic mass is 10.1. The van der Waals surface area contributed by atoms with Crippen LogP contribution in [0.4, 0.5) is 5.69 Å². The van der Waals surface area contributed by atoms with E-state index in [-0.39, 0.29) is 18.5 Å². The van der Waals surface area contributed by atoms with Gasteiger partial charge >= 0.3 is 0 Å². The number of hydrogen-bond donors (Lipinski definition) is 1. The molecule has 7 nitrogen and oxygen atoms in total. The molecule has 1 N–H and O–H groups in total. The summed E-state index contributed by atoms with van der Waals surface area (Å²) in [5, 5.41) is 5.17. The van der Waals surface area contributed by atoms with E-state index in [0.29, 0.717) is 22.7 Å². The number of sulfonamides is 1. The summed E-state index contributed by atoms with van der Waals surface area (Å²) >= 11 is 6.43. The Labute approximate surface area is 229 Å². The lowest BCUT2D eigenvalue weighted by molar-refractivity contribution is -0.140. The van der Waals surface area contributed by atoms with Gasteiger partial charge in [0.05, 0.1) is 11.9 Å². The molecule has 2 amide bonds. The average Bonchev–Trinajstić information content (AvgIpc) is 3.40. The van der Waals surface area contributed by atoms with Gasteiger partial charge in [0.1, 0.15) is 12.6 Å². The van der Waals surface area contributed by atoms with Crippen LogP contribution in [0.15, 0.2) is 66.7 Å². The molecule has 0 bridgehead atoms. The summed E-state index contributed by atoms with van der Waals surface area (Å²) in [4.78, 5) is 28.8. The maximum absolute atomic E-state index is 14.0. The van der Waals surface area contributed by atoms with Gasteiger partial charge in [-0.05, 0) is 42.3 Å². The third kappa shape index (κ3) is 6.48. The van der Waals surface area contributed by atoms with Gasteiger partial charge in [0.25, 0.3) is 0 Å². The summed E-state index contributed by atoms with van der Waals surface area (Å²) in [7, 11) is -3.83. The number of rotatable bonds is 10. The molecular formula is C29H34ClN3O4S. The minimum atomic E-state index is -3.83. The third-order valence-electron chi connectivity index (χ3n) is 7.10. The number of fused-ring (bicyclic) bond motifs is 1. The molecule has 1 aliphatic rings. The first-order valence-electron chi connectivity index (χ1n) is 13.0. The van der Waals surface area contributed by atoms with E-state index in [4.69, 9.17) is 11.6 Å². The number of hydrogen-bond acceptors (Lipinski definition) is 4. The lowest BCUT2D eigenvalue weighted by Gasteiger charge is -2.33. The highest BCUT2D eigenvalue weighted by Crippen LogP contribution is 2.29. The van der Waals surface area contributed by atoms with E-state index in [1.165, 1.54) is 4.90 Å². The summed E-state index contributed by atoms with van der Waals surface area (Å²) < 4.78 is 27.1. The zero-order valence-corrected chi connectivity index (χ0v) is 23.3. The molecule has 1 atom stereocenters. The fraction of sp³-hybridized carbons (Fsp3) is 0.379. The summed E-state index contributed by atoms with van der Waals surface area (Å²) in [6, 6.07) is 19.3. The van der Waals surface area contributed by atoms with Crippen LogP contribution in [-0.2, 0) is 26.2 Å². The second kappa shape index (κ2) is 12.2. The highest BCUT2D eigenvalue weighted by atomic mass is 35.5. The van der Waals surface area contributed by atoms with Gasteiger partial charge in [0.2, 0.25) is 21.8 Å². The fourth-order valence-electron chi connectivity index (χ4n) is 5.12. The predicted molar refractivity (Wildman–Crippen MR) is 153 cm³/mol. The Morgan fingerprint density at radius 2 is 1.66 bits per heavy atom. The van der Waals surface area contributed by atoms with Crippen molar-refractivity contribution in [1.29, 1.82) is 0 Å². The van der Waals surface area contributed by atoms with Crippen LogP contribution >= 0.6 is 11.6 Å². The Morgan fingerprint density at radius 3 is 2.34 bits per heavy atom. The normalized spacial score (nSPS) is 14.8. The van der Waals surface area contributed by atoms with E-state index < -0.39 is 28.5 Å². The van der Waals surface area contributed by atoms with E-state index in [9.17, 15) is 18.0 Å². The van der Waals surface area contributed by atoms with Crippen molar-refractivity contribution in [2.45, 2.75) is 57.7 Å². The largest absolute Gasteiger partial charge is 0.352 e. The Morgan fingerprint density at radius 1 is 1.00 bits per heavy atom. The molecule has 3 aromatic rings. The van der Waals surface area contributed by atoms with E-state index in [1.54, 1.807) is 24.3 Å². The fourth-order valence-corrected chi connectivity index (χ4v) is 6.17. The summed E-state index contributed by atoms with van der Waals surface area (Å²) in [5.74, 6) is -0.701. The summed E-state index contributed by atoms with van der Waals surface area (Å²) in [5.41, 5.74) is 1.10. The molecule has 0 radical (unpaired) electrons. The van der Waals surface area contributed by atoms with Crippen molar-refractivity contribution in [1.82, 2.24) is 10.2 Å². The predicted octanol–water partition coefficient (Wildman–Crippen LogP) is 5.13. The smallest absolute Gasteiger partial charge is 0.244 e. The minimum absolute atomic E-state index is 0.0856. The van der Waals surface area contributed by atoms with Crippen molar-refractivity contribution in [2.75, 3.05) is 17.1 Å². The number of anilines is 1. The van der Waals surface area contributed by atoms with E-state index in [2.05, 4.69) is 5.32 Å². The van der Waals surface area contributed by atoms with E-state index in [1.807, 2.05) is 49.4 Å². The Kier molecular flexibility index (Phi) is 8.95. The van der Waals surface area contributed by atoms with E-state index in [0.717, 1.165) is 47.0 Å². The Balaban J connectivity index is 1.69. The molecule has 38 heavy (non-hydrogen) atoms. The van der Waals surface area contributed by atoms with Crippen LogP contribution in [-0.4, -0.2) is 50.0 Å². The van der Waals surface area contributed by atoms with Crippen LogP contribution in [0.25, 0.3) is 10.8 Å². The van der Waals surface area contributed by atoms with Crippen molar-refractivity contribution < 1.29 is 18.0 Å². The van der Waals surface area contributed by atoms with Gasteiger partial charge < -0.3 is 10.2 Å². The zero-order valence-electron chi connectivity index (χ0n) is 21.8. The molecule has 0 saturated heterocycles. The quantitative estimate of drug-likeness (QED) is 0.376. The molecule has 1 saturated carbocycles. The molecule has 0 heterocycles. The van der Waals surface area contributed by atoms with Gasteiger partial charge in [-0.2, -0.15) is 0 Å². The molecule has 4 rings (SSSR count). The highest BCUT2D eigenvalue weighted by Gasteiger charge is 2.33.